The van der Waals surface area contributed by atoms with Crippen molar-refractivity contribution in [3.05, 3.63) is 35.4 Å². The lowest BCUT2D eigenvalue weighted by Crippen LogP contribution is -2.53. The van der Waals surface area contributed by atoms with Crippen LogP contribution in [0.1, 0.15) is 90.3 Å². The second kappa shape index (κ2) is 18.6. The van der Waals surface area contributed by atoms with Gasteiger partial charge >= 0.3 is 12.1 Å². The van der Waals surface area contributed by atoms with E-state index in [2.05, 4.69) is 17.6 Å². The predicted octanol–water partition coefficient (Wildman–Crippen LogP) is 5.02. The summed E-state index contributed by atoms with van der Waals surface area (Å²) in [6, 6.07) is 5.68. The lowest BCUT2D eigenvalue weighted by molar-refractivity contribution is -0.144. The molecule has 0 bridgehead atoms. The van der Waals surface area contributed by atoms with E-state index in [0.717, 1.165) is 37.7 Å². The average molecular weight is 580 g/mol. The number of hydrogen-bond acceptors (Lipinski definition) is 7. The van der Waals surface area contributed by atoms with E-state index in [4.69, 9.17) is 9.47 Å². The number of nitrogens with zero attached hydrogens (tertiary/aromatic N) is 1. The molecule has 1 aromatic carbocycles. The Morgan fingerprint density at radius 1 is 1.00 bits per heavy atom. The molecule has 2 unspecified atom stereocenters. The van der Waals surface area contributed by atoms with Crippen molar-refractivity contribution in [1.82, 2.24) is 15.5 Å². The van der Waals surface area contributed by atoms with Gasteiger partial charge in [-0.05, 0) is 63.2 Å². The Labute approximate surface area is 244 Å². The van der Waals surface area contributed by atoms with Crippen molar-refractivity contribution in [2.45, 2.75) is 97.2 Å². The van der Waals surface area contributed by atoms with E-state index in [1.807, 2.05) is 37.4 Å². The SMILES string of the molecule is CCCCCCCN(C(=O)C(CCSC)NC(=O)OC(C)(C)C)C(C(=O)NCC(=O)OC)c1ccc(CC)cc1. The van der Waals surface area contributed by atoms with Gasteiger partial charge in [-0.1, -0.05) is 63.8 Å². The minimum atomic E-state index is -0.994. The monoisotopic (exact) mass is 579 g/mol. The molecule has 0 fully saturated rings. The molecule has 40 heavy (non-hydrogen) atoms. The number of carbonyl (C=O) groups excluding carboxylic acids is 4. The highest BCUT2D eigenvalue weighted by atomic mass is 32.2. The Kier molecular flexibility index (Phi) is 16.4. The van der Waals surface area contributed by atoms with E-state index in [-0.39, 0.29) is 12.5 Å². The summed E-state index contributed by atoms with van der Waals surface area (Å²) in [4.78, 5) is 53.9. The number of benzene rings is 1. The van der Waals surface area contributed by atoms with Crippen LogP contribution in [-0.2, 0) is 30.3 Å². The zero-order valence-electron chi connectivity index (χ0n) is 25.3. The number of ether oxygens (including phenoxy) is 2. The summed E-state index contributed by atoms with van der Waals surface area (Å²) in [6.45, 7) is 9.46. The summed E-state index contributed by atoms with van der Waals surface area (Å²) in [7, 11) is 1.25. The third kappa shape index (κ3) is 13.1. The van der Waals surface area contributed by atoms with Gasteiger partial charge in [-0.25, -0.2) is 4.79 Å². The smallest absolute Gasteiger partial charge is 0.408 e. The van der Waals surface area contributed by atoms with Gasteiger partial charge in [0, 0.05) is 6.54 Å². The average Bonchev–Trinajstić information content (AvgIpc) is 2.91. The zero-order valence-corrected chi connectivity index (χ0v) is 26.2. The molecule has 1 rings (SSSR count). The maximum atomic E-state index is 14.2. The molecule has 0 spiro atoms. The molecule has 0 saturated carbocycles. The Bertz CT molecular complexity index is 932. The third-order valence-corrected chi connectivity index (χ3v) is 6.93. The maximum Gasteiger partial charge on any atom is 0.408 e. The van der Waals surface area contributed by atoms with Crippen LogP contribution in [0.25, 0.3) is 0 Å². The number of alkyl carbamates (subject to hydrolysis) is 1. The van der Waals surface area contributed by atoms with Crippen LogP contribution in [0.15, 0.2) is 24.3 Å². The lowest BCUT2D eigenvalue weighted by Gasteiger charge is -2.34. The van der Waals surface area contributed by atoms with Gasteiger partial charge in [0.15, 0.2) is 0 Å². The molecule has 0 radical (unpaired) electrons. The Balaban J connectivity index is 3.47. The molecule has 2 N–H and O–H groups in total. The van der Waals surface area contributed by atoms with Crippen molar-refractivity contribution in [3.8, 4) is 0 Å². The van der Waals surface area contributed by atoms with Crippen molar-refractivity contribution in [2.75, 3.05) is 32.2 Å². The quantitative estimate of drug-likeness (QED) is 0.197. The maximum absolute atomic E-state index is 14.2. The normalized spacial score (nSPS) is 12.7. The summed E-state index contributed by atoms with van der Waals surface area (Å²) < 4.78 is 10.1. The number of amides is 3. The van der Waals surface area contributed by atoms with Crippen LogP contribution in [0.3, 0.4) is 0 Å². The Hall–Kier alpha value is -2.75. The molecular formula is C30H49N3O6S. The van der Waals surface area contributed by atoms with Gasteiger partial charge in [-0.2, -0.15) is 11.8 Å². The molecule has 0 aromatic heterocycles. The number of thioether (sulfide) groups is 1. The topological polar surface area (TPSA) is 114 Å². The summed E-state index contributed by atoms with van der Waals surface area (Å²) in [5.74, 6) is -0.818. The number of methoxy groups -OCH3 is 1. The first kappa shape index (κ1) is 35.3. The van der Waals surface area contributed by atoms with Gasteiger partial charge in [0.2, 0.25) is 11.8 Å². The highest BCUT2D eigenvalue weighted by Crippen LogP contribution is 2.25. The number of aryl methyl sites for hydroxylation is 1. The molecule has 0 aliphatic rings. The highest BCUT2D eigenvalue weighted by Gasteiger charge is 2.36. The van der Waals surface area contributed by atoms with E-state index in [1.54, 1.807) is 37.4 Å². The third-order valence-electron chi connectivity index (χ3n) is 6.28. The molecule has 9 nitrogen and oxygen atoms in total. The van der Waals surface area contributed by atoms with Crippen molar-refractivity contribution >= 4 is 35.6 Å². The van der Waals surface area contributed by atoms with Gasteiger partial charge in [-0.15, -0.1) is 0 Å². The summed E-state index contributed by atoms with van der Waals surface area (Å²) in [5, 5.41) is 5.39. The molecule has 1 aromatic rings. The van der Waals surface area contributed by atoms with Gasteiger partial charge in [0.1, 0.15) is 24.2 Å². The minimum Gasteiger partial charge on any atom is -0.468 e. The van der Waals surface area contributed by atoms with Crippen molar-refractivity contribution in [3.63, 3.8) is 0 Å². The fraction of sp³-hybridized carbons (Fsp3) is 0.667. The molecule has 0 aliphatic heterocycles. The molecule has 226 valence electrons. The van der Waals surface area contributed by atoms with E-state index >= 15 is 0 Å². The zero-order chi connectivity index (χ0) is 30.1. The van der Waals surface area contributed by atoms with E-state index in [9.17, 15) is 19.2 Å². The Morgan fingerprint density at radius 3 is 2.20 bits per heavy atom. The summed E-state index contributed by atoms with van der Waals surface area (Å²) in [6.07, 6.45) is 7.24. The minimum absolute atomic E-state index is 0.316. The molecule has 2 atom stereocenters. The lowest BCUT2D eigenvalue weighted by atomic mass is 9.99. The first-order valence-electron chi connectivity index (χ1n) is 14.2. The highest BCUT2D eigenvalue weighted by molar-refractivity contribution is 7.98. The van der Waals surface area contributed by atoms with Crippen molar-refractivity contribution in [1.29, 1.82) is 0 Å². The number of unbranched alkanes of at least 4 members (excludes halogenated alkanes) is 4. The van der Waals surface area contributed by atoms with Gasteiger partial charge in [0.25, 0.3) is 0 Å². The first-order chi connectivity index (χ1) is 19.0. The van der Waals surface area contributed by atoms with Crippen molar-refractivity contribution < 1.29 is 28.7 Å². The fourth-order valence-corrected chi connectivity index (χ4v) is 4.60. The standard InChI is InChI=1S/C30H49N3O6S/c1-8-10-11-12-13-19-33(28(36)24(18-20-40-7)32-29(37)39-30(3,4)5)26(27(35)31-21-25(34)38-6)23-16-14-22(9-2)15-17-23/h14-17,24,26H,8-13,18-21H2,1-7H3,(H,31,35)(H,32,37). The van der Waals surface area contributed by atoms with Gasteiger partial charge in [0.05, 0.1) is 7.11 Å². The molecule has 0 aliphatic carbocycles. The predicted molar refractivity (Wildman–Crippen MR) is 160 cm³/mol. The van der Waals surface area contributed by atoms with Crippen LogP contribution in [0.2, 0.25) is 0 Å². The largest absolute Gasteiger partial charge is 0.468 e. The van der Waals surface area contributed by atoms with E-state index < -0.39 is 35.7 Å². The van der Waals surface area contributed by atoms with Gasteiger partial charge < -0.3 is 25.0 Å². The summed E-state index contributed by atoms with van der Waals surface area (Å²) >= 11 is 1.56. The molecular weight excluding hydrogens is 530 g/mol. The van der Waals surface area contributed by atoms with Crippen LogP contribution >= 0.6 is 11.8 Å². The van der Waals surface area contributed by atoms with Gasteiger partial charge in [-0.3, -0.25) is 14.4 Å². The number of nitrogens with one attached hydrogen (secondary N) is 2. The van der Waals surface area contributed by atoms with Crippen molar-refractivity contribution in [2.24, 2.45) is 0 Å². The van der Waals surface area contributed by atoms with E-state index in [1.165, 1.54) is 7.11 Å². The number of esters is 1. The van der Waals surface area contributed by atoms with Crippen LogP contribution in [-0.4, -0.2) is 72.6 Å². The molecule has 3 amide bonds. The van der Waals surface area contributed by atoms with Crippen LogP contribution in [0.4, 0.5) is 4.79 Å². The molecule has 0 heterocycles. The first-order valence-corrected chi connectivity index (χ1v) is 15.6. The van der Waals surface area contributed by atoms with Crippen LogP contribution in [0, 0.1) is 0 Å². The van der Waals surface area contributed by atoms with Crippen LogP contribution in [0.5, 0.6) is 0 Å². The van der Waals surface area contributed by atoms with Crippen LogP contribution < -0.4 is 10.6 Å². The second-order valence-electron chi connectivity index (χ2n) is 10.7. The number of carbonyl (C=O) groups is 4. The second-order valence-corrected chi connectivity index (χ2v) is 11.7. The van der Waals surface area contributed by atoms with E-state index in [0.29, 0.717) is 30.7 Å². The fourth-order valence-electron chi connectivity index (χ4n) is 4.13. The molecule has 0 saturated heterocycles. The number of rotatable bonds is 17. The summed E-state index contributed by atoms with van der Waals surface area (Å²) in [5.41, 5.74) is 0.995. The Morgan fingerprint density at radius 2 is 1.65 bits per heavy atom. The molecule has 10 heteroatoms. The number of hydrogen-bond donors (Lipinski definition) is 2.